The average Bonchev–Trinajstić information content (AvgIpc) is 3.24. The summed E-state index contributed by atoms with van der Waals surface area (Å²) >= 11 is 0. The first kappa shape index (κ1) is 18.3. The first-order chi connectivity index (χ1) is 13.4. The van der Waals surface area contributed by atoms with Crippen molar-refractivity contribution >= 4 is 5.91 Å². The highest BCUT2D eigenvalue weighted by atomic mass is 19.1. The van der Waals surface area contributed by atoms with E-state index in [1.807, 2.05) is 32.0 Å². The molecule has 1 amide bonds. The molecule has 0 aliphatic carbocycles. The molecule has 3 aromatic rings. The molecule has 1 atom stereocenters. The number of aryl methyl sites for hydroxylation is 2. The summed E-state index contributed by atoms with van der Waals surface area (Å²) in [5, 5.41) is 4.08. The average molecular weight is 383 g/mol. The minimum absolute atomic E-state index is 0.0827. The van der Waals surface area contributed by atoms with Crippen molar-refractivity contribution in [2.24, 2.45) is 0 Å². The molecule has 0 saturated carbocycles. The van der Waals surface area contributed by atoms with Crippen molar-refractivity contribution in [2.45, 2.75) is 39.3 Å². The number of carbonyl (C=O) groups is 1. The maximum Gasteiger partial charge on any atom is 0.249 e. The van der Waals surface area contributed by atoms with E-state index in [4.69, 9.17) is 4.52 Å². The van der Waals surface area contributed by atoms with Gasteiger partial charge in [-0.1, -0.05) is 22.9 Å². The van der Waals surface area contributed by atoms with Crippen molar-refractivity contribution in [2.75, 3.05) is 0 Å². The molecule has 0 radical (unpaired) electrons. The van der Waals surface area contributed by atoms with Crippen LogP contribution in [-0.4, -0.2) is 20.9 Å². The van der Waals surface area contributed by atoms with Crippen molar-refractivity contribution < 1.29 is 18.1 Å². The molecular weight excluding hydrogens is 364 g/mol. The van der Waals surface area contributed by atoms with E-state index in [-0.39, 0.29) is 12.5 Å². The minimum Gasteiger partial charge on any atom is -0.337 e. The number of halogens is 2. The molecule has 0 bridgehead atoms. The monoisotopic (exact) mass is 383 g/mol. The van der Waals surface area contributed by atoms with Gasteiger partial charge in [0.25, 0.3) is 0 Å². The highest BCUT2D eigenvalue weighted by Gasteiger charge is 2.36. The third kappa shape index (κ3) is 3.52. The SMILES string of the molecule is Cc1ccc(C)c(-c2noc(C3CCC(=O)N3Cc3cc(F)cc(F)c3)n2)c1. The van der Waals surface area contributed by atoms with Gasteiger partial charge >= 0.3 is 0 Å². The number of likely N-dealkylation sites (tertiary alicyclic amines) is 1. The number of benzene rings is 2. The van der Waals surface area contributed by atoms with Crippen LogP contribution in [-0.2, 0) is 11.3 Å². The highest BCUT2D eigenvalue weighted by molar-refractivity contribution is 5.78. The summed E-state index contributed by atoms with van der Waals surface area (Å²) in [5.41, 5.74) is 3.36. The van der Waals surface area contributed by atoms with Crippen molar-refractivity contribution in [3.8, 4) is 11.4 Å². The van der Waals surface area contributed by atoms with E-state index in [9.17, 15) is 13.6 Å². The molecule has 2 aromatic carbocycles. The summed E-state index contributed by atoms with van der Waals surface area (Å²) in [6, 6.07) is 8.82. The van der Waals surface area contributed by atoms with Crippen LogP contribution in [0.1, 0.15) is 41.5 Å². The van der Waals surface area contributed by atoms with Gasteiger partial charge in [0.2, 0.25) is 17.6 Å². The summed E-state index contributed by atoms with van der Waals surface area (Å²) in [6.07, 6.45) is 0.842. The van der Waals surface area contributed by atoms with E-state index in [0.717, 1.165) is 22.8 Å². The van der Waals surface area contributed by atoms with Gasteiger partial charge in [-0.3, -0.25) is 4.79 Å². The fourth-order valence-corrected chi connectivity index (χ4v) is 3.54. The lowest BCUT2D eigenvalue weighted by Gasteiger charge is -2.22. The van der Waals surface area contributed by atoms with Crippen LogP contribution < -0.4 is 0 Å². The number of carbonyl (C=O) groups excluding carboxylic acids is 1. The second-order valence-electron chi connectivity index (χ2n) is 7.13. The van der Waals surface area contributed by atoms with Crippen LogP contribution in [0.15, 0.2) is 40.9 Å². The van der Waals surface area contributed by atoms with Gasteiger partial charge in [-0.25, -0.2) is 8.78 Å². The Morgan fingerprint density at radius 3 is 2.64 bits per heavy atom. The van der Waals surface area contributed by atoms with E-state index in [1.165, 1.54) is 17.0 Å². The summed E-state index contributed by atoms with van der Waals surface area (Å²) in [7, 11) is 0. The third-order valence-electron chi connectivity index (χ3n) is 4.96. The molecular formula is C21H19F2N3O2. The maximum absolute atomic E-state index is 13.5. The van der Waals surface area contributed by atoms with Crippen molar-refractivity contribution in [1.82, 2.24) is 15.0 Å². The molecule has 1 saturated heterocycles. The van der Waals surface area contributed by atoms with Crippen LogP contribution in [0.2, 0.25) is 0 Å². The minimum atomic E-state index is -0.673. The van der Waals surface area contributed by atoms with E-state index in [2.05, 4.69) is 10.1 Å². The Bertz CT molecular complexity index is 1030. The van der Waals surface area contributed by atoms with Crippen LogP contribution in [0.3, 0.4) is 0 Å². The summed E-state index contributed by atoms with van der Waals surface area (Å²) < 4.78 is 32.5. The van der Waals surface area contributed by atoms with E-state index in [1.54, 1.807) is 0 Å². The van der Waals surface area contributed by atoms with Gasteiger partial charge in [0.15, 0.2) is 0 Å². The van der Waals surface area contributed by atoms with Gasteiger partial charge in [0.05, 0.1) is 0 Å². The molecule has 1 aromatic heterocycles. The molecule has 1 fully saturated rings. The highest BCUT2D eigenvalue weighted by Crippen LogP contribution is 2.34. The summed E-state index contributed by atoms with van der Waals surface area (Å²) in [4.78, 5) is 18.4. The lowest BCUT2D eigenvalue weighted by Crippen LogP contribution is -2.27. The zero-order valence-corrected chi connectivity index (χ0v) is 15.6. The Kier molecular flexibility index (Phi) is 4.66. The molecule has 5 nitrogen and oxygen atoms in total. The smallest absolute Gasteiger partial charge is 0.249 e. The maximum atomic E-state index is 13.5. The molecule has 144 valence electrons. The molecule has 4 rings (SSSR count). The van der Waals surface area contributed by atoms with E-state index >= 15 is 0 Å². The van der Waals surface area contributed by atoms with Crippen LogP contribution in [0.4, 0.5) is 8.78 Å². The first-order valence-electron chi connectivity index (χ1n) is 9.06. The van der Waals surface area contributed by atoms with Gasteiger partial charge in [-0.15, -0.1) is 0 Å². The second kappa shape index (κ2) is 7.14. The van der Waals surface area contributed by atoms with Crippen molar-refractivity contribution in [1.29, 1.82) is 0 Å². The normalized spacial score (nSPS) is 16.8. The van der Waals surface area contributed by atoms with Gasteiger partial charge in [-0.2, -0.15) is 4.98 Å². The zero-order chi connectivity index (χ0) is 19.8. The topological polar surface area (TPSA) is 59.2 Å². The molecule has 28 heavy (non-hydrogen) atoms. The van der Waals surface area contributed by atoms with Crippen molar-refractivity contribution in [3.05, 3.63) is 70.6 Å². The number of hydrogen-bond acceptors (Lipinski definition) is 4. The van der Waals surface area contributed by atoms with Crippen LogP contribution >= 0.6 is 0 Å². The number of aromatic nitrogens is 2. The molecule has 1 aliphatic rings. The lowest BCUT2D eigenvalue weighted by atomic mass is 10.1. The largest absolute Gasteiger partial charge is 0.337 e. The van der Waals surface area contributed by atoms with Gasteiger partial charge in [0.1, 0.15) is 17.7 Å². The summed E-state index contributed by atoms with van der Waals surface area (Å²) in [5.74, 6) is -0.659. The molecule has 0 spiro atoms. The van der Waals surface area contributed by atoms with Crippen LogP contribution in [0.25, 0.3) is 11.4 Å². The second-order valence-corrected chi connectivity index (χ2v) is 7.13. The van der Waals surface area contributed by atoms with E-state index in [0.29, 0.717) is 30.1 Å². The number of hydrogen-bond donors (Lipinski definition) is 0. The number of rotatable bonds is 4. The van der Waals surface area contributed by atoms with Crippen LogP contribution in [0.5, 0.6) is 0 Å². The molecule has 7 heteroatoms. The van der Waals surface area contributed by atoms with Gasteiger partial charge < -0.3 is 9.42 Å². The molecule has 2 heterocycles. The Morgan fingerprint density at radius 1 is 1.14 bits per heavy atom. The third-order valence-corrected chi connectivity index (χ3v) is 4.96. The first-order valence-corrected chi connectivity index (χ1v) is 9.06. The zero-order valence-electron chi connectivity index (χ0n) is 15.6. The fraction of sp³-hybridized carbons (Fsp3) is 0.286. The van der Waals surface area contributed by atoms with Crippen molar-refractivity contribution in [3.63, 3.8) is 0 Å². The number of nitrogens with zero attached hydrogens (tertiary/aromatic N) is 3. The molecule has 0 N–H and O–H groups in total. The predicted molar refractivity (Wildman–Crippen MR) is 98.1 cm³/mol. The van der Waals surface area contributed by atoms with Crippen LogP contribution in [0, 0.1) is 25.5 Å². The molecule has 1 unspecified atom stereocenters. The standard InChI is InChI=1S/C21H19F2N3O2/c1-12-3-4-13(2)17(7-12)20-24-21(28-25-20)18-5-6-19(27)26(18)11-14-8-15(22)10-16(23)9-14/h3-4,7-10,18H,5-6,11H2,1-2H3. The summed E-state index contributed by atoms with van der Waals surface area (Å²) in [6.45, 7) is 4.04. The Hall–Kier alpha value is -3.09. The predicted octanol–water partition coefficient (Wildman–Crippen LogP) is 4.50. The lowest BCUT2D eigenvalue weighted by molar-refractivity contribution is -0.130. The van der Waals surface area contributed by atoms with Gasteiger partial charge in [-0.05, 0) is 49.6 Å². The number of amides is 1. The Labute approximate surface area is 161 Å². The van der Waals surface area contributed by atoms with E-state index < -0.39 is 17.7 Å². The molecule has 1 aliphatic heterocycles. The Morgan fingerprint density at radius 2 is 1.89 bits per heavy atom. The quantitative estimate of drug-likeness (QED) is 0.666. The fourth-order valence-electron chi connectivity index (χ4n) is 3.54. The Balaban J connectivity index is 1.62. The van der Waals surface area contributed by atoms with Gasteiger partial charge in [0, 0.05) is 24.6 Å².